The average molecular weight is 443 g/mol. The van der Waals surface area contributed by atoms with Gasteiger partial charge in [0.05, 0.1) is 11.5 Å². The second-order valence-corrected chi connectivity index (χ2v) is 11.6. The van der Waals surface area contributed by atoms with Gasteiger partial charge < -0.3 is 0 Å². The van der Waals surface area contributed by atoms with Crippen molar-refractivity contribution in [3.8, 4) is 0 Å². The van der Waals surface area contributed by atoms with Crippen LogP contribution in [0.4, 0.5) is 0 Å². The molecule has 2 heteroatoms. The second kappa shape index (κ2) is 7.93. The van der Waals surface area contributed by atoms with Crippen LogP contribution in [0.25, 0.3) is 0 Å². The highest BCUT2D eigenvalue weighted by molar-refractivity contribution is 6.07. The fourth-order valence-corrected chi connectivity index (χ4v) is 6.38. The molecule has 3 unspecified atom stereocenters. The van der Waals surface area contributed by atoms with Gasteiger partial charge in [-0.3, -0.25) is 9.98 Å². The summed E-state index contributed by atoms with van der Waals surface area (Å²) in [6, 6.07) is 9.26. The van der Waals surface area contributed by atoms with Crippen molar-refractivity contribution in [1.82, 2.24) is 0 Å². The Balaban J connectivity index is 1.99. The molecule has 1 fully saturated rings. The van der Waals surface area contributed by atoms with Crippen LogP contribution in [0.15, 0.2) is 68.8 Å². The molecule has 4 rings (SSSR count). The summed E-state index contributed by atoms with van der Waals surface area (Å²) >= 11 is 0. The first-order valence-corrected chi connectivity index (χ1v) is 12.7. The van der Waals surface area contributed by atoms with Gasteiger partial charge in [-0.05, 0) is 81.7 Å². The van der Waals surface area contributed by atoms with Gasteiger partial charge in [0.25, 0.3) is 0 Å². The molecule has 176 valence electrons. The van der Waals surface area contributed by atoms with E-state index < -0.39 is 0 Å². The average Bonchev–Trinajstić information content (AvgIpc) is 3.62. The van der Waals surface area contributed by atoms with E-state index in [4.69, 9.17) is 9.98 Å². The minimum absolute atomic E-state index is 0.0550. The molecule has 2 nitrogen and oxygen atoms in total. The largest absolute Gasteiger partial charge is 0.289 e. The molecule has 2 aliphatic carbocycles. The van der Waals surface area contributed by atoms with E-state index in [2.05, 4.69) is 99.4 Å². The van der Waals surface area contributed by atoms with Crippen molar-refractivity contribution in [2.45, 2.75) is 98.4 Å². The first-order valence-electron chi connectivity index (χ1n) is 12.7. The van der Waals surface area contributed by atoms with Gasteiger partial charge >= 0.3 is 0 Å². The summed E-state index contributed by atoms with van der Waals surface area (Å²) in [5.41, 5.74) is 10.3. The summed E-state index contributed by atoms with van der Waals surface area (Å²) in [6.45, 7) is 24.9. The summed E-state index contributed by atoms with van der Waals surface area (Å²) in [4.78, 5) is 10.5. The Kier molecular flexibility index (Phi) is 5.75. The standard InChI is InChI=1S/C31H42N2/c1-11-30(9)25-15-13-12-14-24(25)29(7,8)26-21(5)32-18-31(10,28(26)30)22(6)33-27(23-16-17-23)20(4)19(2)3/h12-15,18,21,23H,2,11,16-17H2,1,3-10H3/b27-20+,33-22?. The number of rotatable bonds is 5. The number of fused-ring (bicyclic) bond motifs is 1. The van der Waals surface area contributed by atoms with Gasteiger partial charge in [0, 0.05) is 34.4 Å². The number of nitrogens with zero attached hydrogens (tertiary/aromatic N) is 2. The third-order valence-electron chi connectivity index (χ3n) is 8.92. The summed E-state index contributed by atoms with van der Waals surface area (Å²) < 4.78 is 0. The van der Waals surface area contributed by atoms with Crippen LogP contribution in [0.2, 0.25) is 0 Å². The van der Waals surface area contributed by atoms with Gasteiger partial charge in [0.1, 0.15) is 0 Å². The quantitative estimate of drug-likeness (QED) is 0.250. The second-order valence-electron chi connectivity index (χ2n) is 11.6. The molecule has 1 saturated carbocycles. The van der Waals surface area contributed by atoms with E-state index in [-0.39, 0.29) is 22.3 Å². The third kappa shape index (κ3) is 3.52. The minimum Gasteiger partial charge on any atom is -0.289 e. The van der Waals surface area contributed by atoms with Gasteiger partial charge in [-0.1, -0.05) is 64.1 Å². The topological polar surface area (TPSA) is 24.7 Å². The molecule has 0 spiro atoms. The lowest BCUT2D eigenvalue weighted by Gasteiger charge is -2.54. The zero-order valence-electron chi connectivity index (χ0n) is 22.3. The molecule has 3 aliphatic rings. The lowest BCUT2D eigenvalue weighted by Crippen LogP contribution is -2.51. The maximum Gasteiger partial charge on any atom is 0.0689 e. The lowest BCUT2D eigenvalue weighted by molar-refractivity contribution is 0.396. The molecule has 1 aromatic rings. The Bertz CT molecular complexity index is 1120. The Hall–Kier alpha value is -2.22. The molecule has 33 heavy (non-hydrogen) atoms. The van der Waals surface area contributed by atoms with Crippen LogP contribution in [0.5, 0.6) is 0 Å². The number of benzene rings is 1. The van der Waals surface area contributed by atoms with E-state index in [9.17, 15) is 0 Å². The highest BCUT2D eigenvalue weighted by Crippen LogP contribution is 2.58. The van der Waals surface area contributed by atoms with E-state index in [1.807, 2.05) is 0 Å². The fourth-order valence-electron chi connectivity index (χ4n) is 6.38. The van der Waals surface area contributed by atoms with Crippen molar-refractivity contribution in [1.29, 1.82) is 0 Å². The van der Waals surface area contributed by atoms with Crippen molar-refractivity contribution in [3.05, 3.63) is 70.0 Å². The Morgan fingerprint density at radius 3 is 2.21 bits per heavy atom. The molecule has 0 saturated heterocycles. The van der Waals surface area contributed by atoms with Crippen molar-refractivity contribution in [3.63, 3.8) is 0 Å². The smallest absolute Gasteiger partial charge is 0.0689 e. The van der Waals surface area contributed by atoms with E-state index >= 15 is 0 Å². The lowest BCUT2D eigenvalue weighted by atomic mass is 9.51. The zero-order valence-corrected chi connectivity index (χ0v) is 22.3. The number of allylic oxidation sites excluding steroid dienone is 4. The van der Waals surface area contributed by atoms with Gasteiger partial charge in [-0.25, -0.2) is 0 Å². The van der Waals surface area contributed by atoms with Crippen LogP contribution in [0.3, 0.4) is 0 Å². The maximum absolute atomic E-state index is 5.38. The van der Waals surface area contributed by atoms with Crippen molar-refractivity contribution >= 4 is 11.9 Å². The van der Waals surface area contributed by atoms with E-state index in [1.54, 1.807) is 0 Å². The molecular weight excluding hydrogens is 400 g/mol. The molecule has 0 bridgehead atoms. The molecule has 1 heterocycles. The molecule has 1 aliphatic heterocycles. The number of dihydropyridines is 1. The highest BCUT2D eigenvalue weighted by Gasteiger charge is 2.53. The van der Waals surface area contributed by atoms with Gasteiger partial charge in [-0.2, -0.15) is 0 Å². The van der Waals surface area contributed by atoms with E-state index in [0.29, 0.717) is 5.92 Å². The van der Waals surface area contributed by atoms with Crippen molar-refractivity contribution in [2.75, 3.05) is 0 Å². The maximum atomic E-state index is 5.38. The molecular formula is C31H42N2. The van der Waals surface area contributed by atoms with Crippen LogP contribution in [-0.4, -0.2) is 18.0 Å². The Morgan fingerprint density at radius 1 is 1.06 bits per heavy atom. The van der Waals surface area contributed by atoms with Gasteiger partial charge in [0.2, 0.25) is 0 Å². The molecule has 0 N–H and O–H groups in total. The molecule has 0 radical (unpaired) electrons. The van der Waals surface area contributed by atoms with E-state index in [1.165, 1.54) is 46.4 Å². The van der Waals surface area contributed by atoms with Gasteiger partial charge in [-0.15, -0.1) is 0 Å². The van der Waals surface area contributed by atoms with Crippen LogP contribution < -0.4 is 0 Å². The SMILES string of the molecule is C=C(C)/C(C)=C(/N=C(C)C1(C)C=NC(C)C2=C1C(C)(CC)c1ccccc1C2(C)C)C1CC1. The van der Waals surface area contributed by atoms with Crippen molar-refractivity contribution in [2.24, 2.45) is 21.3 Å². The fraction of sp³-hybridized carbons (Fsp3) is 0.548. The predicted molar refractivity (Wildman–Crippen MR) is 144 cm³/mol. The summed E-state index contributed by atoms with van der Waals surface area (Å²) in [6.07, 6.45) is 5.74. The molecule has 1 aromatic carbocycles. The minimum atomic E-state index is -0.313. The Labute approximate surface area is 201 Å². The van der Waals surface area contributed by atoms with Crippen LogP contribution >= 0.6 is 0 Å². The third-order valence-corrected chi connectivity index (χ3v) is 8.92. The van der Waals surface area contributed by atoms with Crippen LogP contribution in [0, 0.1) is 11.3 Å². The first-order chi connectivity index (χ1) is 15.4. The zero-order chi connectivity index (χ0) is 24.3. The summed E-state index contributed by atoms with van der Waals surface area (Å²) in [5, 5.41) is 0. The number of hydrogen-bond donors (Lipinski definition) is 0. The summed E-state index contributed by atoms with van der Waals surface area (Å²) in [7, 11) is 0. The molecule has 0 amide bonds. The molecule has 0 aromatic heterocycles. The summed E-state index contributed by atoms with van der Waals surface area (Å²) in [5.74, 6) is 0.578. The Morgan fingerprint density at radius 2 is 1.67 bits per heavy atom. The van der Waals surface area contributed by atoms with Crippen LogP contribution in [-0.2, 0) is 10.8 Å². The highest BCUT2D eigenvalue weighted by atomic mass is 14.9. The normalized spacial score (nSPS) is 31.7. The predicted octanol–water partition coefficient (Wildman–Crippen LogP) is 8.14. The van der Waals surface area contributed by atoms with Crippen LogP contribution in [0.1, 0.15) is 92.7 Å². The molecule has 3 atom stereocenters. The number of aliphatic imine (C=N–C) groups is 2. The first kappa shape index (κ1) is 23.9. The van der Waals surface area contributed by atoms with Gasteiger partial charge in [0.15, 0.2) is 0 Å². The van der Waals surface area contributed by atoms with Crippen molar-refractivity contribution < 1.29 is 0 Å². The monoisotopic (exact) mass is 442 g/mol. The number of hydrogen-bond acceptors (Lipinski definition) is 2. The van der Waals surface area contributed by atoms with E-state index in [0.717, 1.165) is 17.7 Å².